The largest absolute Gasteiger partial charge is 0.356 e. The Bertz CT molecular complexity index is 249. The van der Waals surface area contributed by atoms with Crippen LogP contribution in [-0.4, -0.2) is 17.8 Å². The Morgan fingerprint density at radius 3 is 2.25 bits per heavy atom. The predicted octanol–water partition coefficient (Wildman–Crippen LogP) is 5.04. The predicted molar refractivity (Wildman–Crippen MR) is 87.2 cm³/mol. The van der Waals surface area contributed by atoms with Gasteiger partial charge < -0.3 is 5.32 Å². The van der Waals surface area contributed by atoms with Gasteiger partial charge in [0.05, 0.1) is 0 Å². The lowest BCUT2D eigenvalue weighted by Crippen LogP contribution is -2.31. The van der Waals surface area contributed by atoms with Gasteiger partial charge in [-0.1, -0.05) is 45.4 Å². The highest BCUT2D eigenvalue weighted by molar-refractivity contribution is 6.20. The van der Waals surface area contributed by atoms with Crippen LogP contribution < -0.4 is 5.32 Å². The lowest BCUT2D eigenvalue weighted by atomic mass is 9.89. The topological polar surface area (TPSA) is 29.1 Å². The van der Waals surface area contributed by atoms with E-state index in [2.05, 4.69) is 12.2 Å². The molecule has 20 heavy (non-hydrogen) atoms. The maximum atomic E-state index is 11.7. The molecule has 0 spiro atoms. The van der Waals surface area contributed by atoms with E-state index < -0.39 is 0 Å². The zero-order chi connectivity index (χ0) is 14.6. The molecule has 0 atom stereocenters. The molecule has 1 aliphatic carbocycles. The minimum absolute atomic E-state index is 0.242. The van der Waals surface area contributed by atoms with E-state index in [9.17, 15) is 4.79 Å². The van der Waals surface area contributed by atoms with Crippen molar-refractivity contribution in [3.8, 4) is 0 Å². The van der Waals surface area contributed by atoms with E-state index in [4.69, 9.17) is 11.6 Å². The monoisotopic (exact) mass is 301 g/mol. The van der Waals surface area contributed by atoms with Crippen molar-refractivity contribution in [1.82, 2.24) is 5.32 Å². The molecule has 0 aromatic heterocycles. The van der Waals surface area contributed by atoms with Crippen molar-refractivity contribution < 1.29 is 4.79 Å². The summed E-state index contributed by atoms with van der Waals surface area (Å²) in [5.74, 6) is 0.898. The highest BCUT2D eigenvalue weighted by Crippen LogP contribution is 2.26. The quantitative estimate of drug-likeness (QED) is 0.444. The normalized spacial score (nSPS) is 22.7. The Kier molecular flexibility index (Phi) is 10.2. The number of unbranched alkanes of at least 4 members (excludes halogenated alkanes) is 6. The average Bonchev–Trinajstić information content (AvgIpc) is 2.46. The molecule has 0 unspecified atom stereocenters. The summed E-state index contributed by atoms with van der Waals surface area (Å²) in [5, 5.41) is 3.47. The average molecular weight is 302 g/mol. The van der Waals surface area contributed by atoms with Crippen molar-refractivity contribution in [2.45, 2.75) is 89.4 Å². The van der Waals surface area contributed by atoms with E-state index in [0.717, 1.165) is 25.8 Å². The summed E-state index contributed by atoms with van der Waals surface area (Å²) >= 11 is 6.09. The summed E-state index contributed by atoms with van der Waals surface area (Å²) in [6, 6.07) is 0. The molecule has 1 amide bonds. The van der Waals surface area contributed by atoms with E-state index in [1.807, 2.05) is 0 Å². The van der Waals surface area contributed by atoms with Gasteiger partial charge in [-0.2, -0.15) is 0 Å². The molecule has 0 heterocycles. The number of rotatable bonds is 10. The minimum Gasteiger partial charge on any atom is -0.356 e. The van der Waals surface area contributed by atoms with Gasteiger partial charge in [0.1, 0.15) is 0 Å². The zero-order valence-electron chi connectivity index (χ0n) is 13.1. The van der Waals surface area contributed by atoms with Crippen molar-refractivity contribution in [2.24, 2.45) is 5.92 Å². The number of carbonyl (C=O) groups is 1. The van der Waals surface area contributed by atoms with Crippen molar-refractivity contribution in [3.05, 3.63) is 0 Å². The fourth-order valence-electron chi connectivity index (χ4n) is 2.92. The SMILES string of the molecule is CCCCCCCCCC(=O)NCC1CCC(Cl)CC1. The van der Waals surface area contributed by atoms with E-state index in [1.54, 1.807) is 0 Å². The van der Waals surface area contributed by atoms with Gasteiger partial charge in [-0.05, 0) is 38.0 Å². The number of alkyl halides is 1. The molecule has 1 rings (SSSR count). The number of nitrogens with one attached hydrogen (secondary N) is 1. The van der Waals surface area contributed by atoms with Gasteiger partial charge in [0, 0.05) is 18.3 Å². The third-order valence-electron chi connectivity index (χ3n) is 4.37. The van der Waals surface area contributed by atoms with E-state index in [1.165, 1.54) is 51.4 Å². The van der Waals surface area contributed by atoms with Gasteiger partial charge in [-0.3, -0.25) is 4.79 Å². The molecule has 118 valence electrons. The molecule has 0 bridgehead atoms. The number of hydrogen-bond donors (Lipinski definition) is 1. The van der Waals surface area contributed by atoms with Crippen LogP contribution in [-0.2, 0) is 4.79 Å². The molecule has 0 radical (unpaired) electrons. The molecule has 2 nitrogen and oxygen atoms in total. The van der Waals surface area contributed by atoms with Gasteiger partial charge in [0.15, 0.2) is 0 Å². The summed E-state index contributed by atoms with van der Waals surface area (Å²) < 4.78 is 0. The Labute approximate surface area is 130 Å². The second kappa shape index (κ2) is 11.4. The highest BCUT2D eigenvalue weighted by atomic mass is 35.5. The van der Waals surface area contributed by atoms with Crippen LogP contribution in [0.1, 0.15) is 84.0 Å². The van der Waals surface area contributed by atoms with Crippen LogP contribution in [0.4, 0.5) is 0 Å². The molecule has 1 N–H and O–H groups in total. The maximum absolute atomic E-state index is 11.7. The first-order valence-corrected chi connectivity index (χ1v) is 9.06. The first kappa shape index (κ1) is 17.8. The summed E-state index contributed by atoms with van der Waals surface area (Å²) in [5.41, 5.74) is 0. The summed E-state index contributed by atoms with van der Waals surface area (Å²) in [6.45, 7) is 3.10. The number of carbonyl (C=O) groups excluding carboxylic acids is 1. The molecule has 1 saturated carbocycles. The smallest absolute Gasteiger partial charge is 0.220 e. The Balaban J connectivity index is 1.90. The Morgan fingerprint density at radius 1 is 1.00 bits per heavy atom. The number of hydrogen-bond acceptors (Lipinski definition) is 1. The van der Waals surface area contributed by atoms with Gasteiger partial charge in [0.2, 0.25) is 5.91 Å². The van der Waals surface area contributed by atoms with Crippen LogP contribution in [0, 0.1) is 5.92 Å². The molecule has 0 aliphatic heterocycles. The van der Waals surface area contributed by atoms with Gasteiger partial charge in [-0.25, -0.2) is 0 Å². The van der Waals surface area contributed by atoms with Crippen LogP contribution >= 0.6 is 11.6 Å². The van der Waals surface area contributed by atoms with Gasteiger partial charge in [-0.15, -0.1) is 11.6 Å². The van der Waals surface area contributed by atoms with Crippen molar-refractivity contribution in [1.29, 1.82) is 0 Å². The maximum Gasteiger partial charge on any atom is 0.220 e. The van der Waals surface area contributed by atoms with Crippen LogP contribution in [0.3, 0.4) is 0 Å². The second-order valence-electron chi connectivity index (χ2n) is 6.29. The third kappa shape index (κ3) is 8.84. The lowest BCUT2D eigenvalue weighted by Gasteiger charge is -2.25. The lowest BCUT2D eigenvalue weighted by molar-refractivity contribution is -0.121. The third-order valence-corrected chi connectivity index (χ3v) is 4.81. The highest BCUT2D eigenvalue weighted by Gasteiger charge is 2.19. The standard InChI is InChI=1S/C17H32ClNO/c1-2-3-4-5-6-7-8-9-17(20)19-14-15-10-12-16(18)13-11-15/h15-16H,2-14H2,1H3,(H,19,20). The van der Waals surface area contributed by atoms with Crippen LogP contribution in [0.15, 0.2) is 0 Å². The number of halogens is 1. The van der Waals surface area contributed by atoms with Gasteiger partial charge >= 0.3 is 0 Å². The van der Waals surface area contributed by atoms with Crippen molar-refractivity contribution in [2.75, 3.05) is 6.54 Å². The van der Waals surface area contributed by atoms with E-state index >= 15 is 0 Å². The van der Waals surface area contributed by atoms with Crippen LogP contribution in [0.2, 0.25) is 0 Å². The number of amides is 1. The zero-order valence-corrected chi connectivity index (χ0v) is 13.9. The summed E-state index contributed by atoms with van der Waals surface area (Å²) in [4.78, 5) is 11.7. The van der Waals surface area contributed by atoms with E-state index in [-0.39, 0.29) is 5.91 Å². The van der Waals surface area contributed by atoms with Crippen LogP contribution in [0.5, 0.6) is 0 Å². The molecule has 3 heteroatoms. The summed E-state index contributed by atoms with van der Waals surface area (Å²) in [6.07, 6.45) is 14.1. The van der Waals surface area contributed by atoms with Crippen molar-refractivity contribution in [3.63, 3.8) is 0 Å². The summed E-state index contributed by atoms with van der Waals surface area (Å²) in [7, 11) is 0. The minimum atomic E-state index is 0.242. The fourth-order valence-corrected chi connectivity index (χ4v) is 3.17. The first-order valence-electron chi connectivity index (χ1n) is 8.63. The Morgan fingerprint density at radius 2 is 1.60 bits per heavy atom. The van der Waals surface area contributed by atoms with Crippen LogP contribution in [0.25, 0.3) is 0 Å². The molecule has 1 fully saturated rings. The Hall–Kier alpha value is -0.240. The first-order chi connectivity index (χ1) is 9.72. The second-order valence-corrected chi connectivity index (χ2v) is 6.91. The molecule has 0 aromatic carbocycles. The molecule has 0 saturated heterocycles. The van der Waals surface area contributed by atoms with Gasteiger partial charge in [0.25, 0.3) is 0 Å². The van der Waals surface area contributed by atoms with Crippen molar-refractivity contribution >= 4 is 17.5 Å². The van der Waals surface area contributed by atoms with E-state index in [0.29, 0.717) is 17.7 Å². The fraction of sp³-hybridized carbons (Fsp3) is 0.941. The molecular formula is C17H32ClNO. The molecular weight excluding hydrogens is 270 g/mol. The molecule has 0 aromatic rings. The molecule has 1 aliphatic rings.